The molecule has 24 heavy (non-hydrogen) atoms. The van der Waals surface area contributed by atoms with E-state index in [-0.39, 0.29) is 6.61 Å². The number of nitrogens with one attached hydrogen (secondary N) is 1. The van der Waals surface area contributed by atoms with Crippen LogP contribution in [0.25, 0.3) is 16.8 Å². The van der Waals surface area contributed by atoms with Crippen LogP contribution in [-0.2, 0) is 11.3 Å². The van der Waals surface area contributed by atoms with Crippen LogP contribution < -0.4 is 5.32 Å². The minimum absolute atomic E-state index is 0.277. The van der Waals surface area contributed by atoms with Crippen LogP contribution in [0.1, 0.15) is 11.1 Å². The molecule has 3 heteroatoms. The van der Waals surface area contributed by atoms with E-state index in [0.29, 0.717) is 6.54 Å². The summed E-state index contributed by atoms with van der Waals surface area (Å²) in [5.74, 6) is 0. The number of hydrogen-bond donors (Lipinski definition) is 1. The van der Waals surface area contributed by atoms with Crippen LogP contribution in [0.3, 0.4) is 0 Å². The molecule has 0 atom stereocenters. The van der Waals surface area contributed by atoms with Crippen molar-refractivity contribution < 1.29 is 9.53 Å². The lowest BCUT2D eigenvalue weighted by Gasteiger charge is -2.05. The molecule has 120 valence electrons. The van der Waals surface area contributed by atoms with Gasteiger partial charge in [-0.3, -0.25) is 0 Å². The van der Waals surface area contributed by atoms with Gasteiger partial charge in [0.15, 0.2) is 0 Å². The molecule has 0 aliphatic heterocycles. The number of ether oxygens (including phenoxy) is 1. The van der Waals surface area contributed by atoms with Gasteiger partial charge in [-0.2, -0.15) is 0 Å². The largest absolute Gasteiger partial charge is 0.445 e. The lowest BCUT2D eigenvalue weighted by atomic mass is 10.0. The number of hydrogen-bond acceptors (Lipinski definition) is 2. The zero-order valence-electron chi connectivity index (χ0n) is 13.3. The van der Waals surface area contributed by atoms with Crippen LogP contribution in [0.15, 0.2) is 78.9 Å². The summed E-state index contributed by atoms with van der Waals surface area (Å²) in [6.07, 6.45) is 3.52. The Kier molecular flexibility index (Phi) is 5.25. The molecule has 3 aromatic carbocycles. The van der Waals surface area contributed by atoms with E-state index < -0.39 is 6.09 Å². The van der Waals surface area contributed by atoms with Gasteiger partial charge in [-0.1, -0.05) is 84.9 Å². The first-order chi connectivity index (χ1) is 11.8. The van der Waals surface area contributed by atoms with E-state index in [9.17, 15) is 4.79 Å². The van der Waals surface area contributed by atoms with Crippen molar-refractivity contribution in [3.05, 3.63) is 90.0 Å². The quantitative estimate of drug-likeness (QED) is 0.735. The minimum Gasteiger partial charge on any atom is -0.445 e. The van der Waals surface area contributed by atoms with Gasteiger partial charge in [0.05, 0.1) is 0 Å². The Morgan fingerprint density at radius 2 is 1.67 bits per heavy atom. The van der Waals surface area contributed by atoms with Gasteiger partial charge in [0.2, 0.25) is 0 Å². The second kappa shape index (κ2) is 7.97. The maximum Gasteiger partial charge on any atom is 0.407 e. The molecule has 0 aliphatic rings. The van der Waals surface area contributed by atoms with Crippen molar-refractivity contribution in [1.82, 2.24) is 5.32 Å². The minimum atomic E-state index is -0.415. The smallest absolute Gasteiger partial charge is 0.407 e. The van der Waals surface area contributed by atoms with Crippen molar-refractivity contribution in [2.75, 3.05) is 6.54 Å². The Morgan fingerprint density at radius 3 is 2.54 bits per heavy atom. The van der Waals surface area contributed by atoms with E-state index >= 15 is 0 Å². The fraction of sp³-hybridized carbons (Fsp3) is 0.0952. The molecule has 3 nitrogen and oxygen atoms in total. The van der Waals surface area contributed by atoms with Crippen molar-refractivity contribution in [2.45, 2.75) is 6.61 Å². The van der Waals surface area contributed by atoms with Gasteiger partial charge in [0, 0.05) is 6.54 Å². The molecule has 1 N–H and O–H groups in total. The number of benzene rings is 3. The number of carbonyl (C=O) groups is 1. The second-order valence-corrected chi connectivity index (χ2v) is 5.41. The van der Waals surface area contributed by atoms with Gasteiger partial charge < -0.3 is 10.1 Å². The summed E-state index contributed by atoms with van der Waals surface area (Å²) in [5.41, 5.74) is 2.10. The average molecular weight is 317 g/mol. The Bertz CT molecular complexity index is 835. The van der Waals surface area contributed by atoms with E-state index in [0.717, 1.165) is 11.1 Å². The van der Waals surface area contributed by atoms with Crippen LogP contribution in [0, 0.1) is 0 Å². The monoisotopic (exact) mass is 317 g/mol. The fourth-order valence-electron chi connectivity index (χ4n) is 2.50. The molecule has 3 aromatic rings. The van der Waals surface area contributed by atoms with Gasteiger partial charge in [-0.15, -0.1) is 0 Å². The van der Waals surface area contributed by atoms with E-state index in [4.69, 9.17) is 4.74 Å². The summed E-state index contributed by atoms with van der Waals surface area (Å²) >= 11 is 0. The number of fused-ring (bicyclic) bond motifs is 1. The van der Waals surface area contributed by atoms with E-state index in [1.165, 1.54) is 10.8 Å². The molecule has 0 bridgehead atoms. The molecule has 0 spiro atoms. The first-order valence-electron chi connectivity index (χ1n) is 7.92. The summed E-state index contributed by atoms with van der Waals surface area (Å²) in [4.78, 5) is 11.7. The molecule has 0 aromatic heterocycles. The highest BCUT2D eigenvalue weighted by molar-refractivity contribution is 5.90. The highest BCUT2D eigenvalue weighted by atomic mass is 16.5. The van der Waals surface area contributed by atoms with Crippen LogP contribution in [0.5, 0.6) is 0 Å². The molecule has 0 aliphatic carbocycles. The molecule has 0 radical (unpaired) electrons. The van der Waals surface area contributed by atoms with Gasteiger partial charge in [0.1, 0.15) is 6.61 Å². The average Bonchev–Trinajstić information content (AvgIpc) is 2.64. The maximum absolute atomic E-state index is 11.7. The highest BCUT2D eigenvalue weighted by Gasteiger charge is 2.00. The van der Waals surface area contributed by atoms with Gasteiger partial charge in [0.25, 0.3) is 0 Å². The molecule has 0 fully saturated rings. The third kappa shape index (κ3) is 4.23. The van der Waals surface area contributed by atoms with Gasteiger partial charge >= 0.3 is 6.09 Å². The molecule has 0 unspecified atom stereocenters. The van der Waals surface area contributed by atoms with Crippen molar-refractivity contribution >= 4 is 22.9 Å². The van der Waals surface area contributed by atoms with Crippen LogP contribution in [0.4, 0.5) is 4.79 Å². The summed E-state index contributed by atoms with van der Waals surface area (Å²) in [5, 5.41) is 5.12. The Morgan fingerprint density at radius 1 is 0.917 bits per heavy atom. The standard InChI is InChI=1S/C21H19NO2/c23-21(24-16-17-8-2-1-3-9-17)22-15-7-13-19-12-6-11-18-10-4-5-14-20(18)19/h1-14H,15-16H2,(H,22,23). The Hall–Kier alpha value is -3.07. The molecule has 3 rings (SSSR count). The first kappa shape index (κ1) is 15.8. The Balaban J connectivity index is 1.50. The van der Waals surface area contributed by atoms with Crippen molar-refractivity contribution in [3.8, 4) is 0 Å². The van der Waals surface area contributed by atoms with E-state index in [1.54, 1.807) is 0 Å². The van der Waals surface area contributed by atoms with E-state index in [1.807, 2.05) is 60.7 Å². The van der Waals surface area contributed by atoms with Crippen LogP contribution in [-0.4, -0.2) is 12.6 Å². The number of rotatable bonds is 5. The molecule has 0 heterocycles. The van der Waals surface area contributed by atoms with Crippen molar-refractivity contribution in [1.29, 1.82) is 0 Å². The molecular formula is C21H19NO2. The normalized spacial score (nSPS) is 10.8. The molecule has 1 amide bonds. The van der Waals surface area contributed by atoms with Crippen molar-refractivity contribution in [3.63, 3.8) is 0 Å². The first-order valence-corrected chi connectivity index (χ1v) is 7.92. The summed E-state index contributed by atoms with van der Waals surface area (Å²) < 4.78 is 5.17. The lowest BCUT2D eigenvalue weighted by Crippen LogP contribution is -2.24. The number of amides is 1. The van der Waals surface area contributed by atoms with Crippen LogP contribution >= 0.6 is 0 Å². The number of carbonyl (C=O) groups excluding carboxylic acids is 1. The molecule has 0 saturated heterocycles. The predicted octanol–water partition coefficient (Wildman–Crippen LogP) is 4.78. The second-order valence-electron chi connectivity index (χ2n) is 5.41. The van der Waals surface area contributed by atoms with Crippen molar-refractivity contribution in [2.24, 2.45) is 0 Å². The Labute approximate surface area is 141 Å². The van der Waals surface area contributed by atoms with Gasteiger partial charge in [-0.05, 0) is 21.9 Å². The van der Waals surface area contributed by atoms with E-state index in [2.05, 4.69) is 29.6 Å². The summed E-state index contributed by atoms with van der Waals surface area (Å²) in [7, 11) is 0. The fourth-order valence-corrected chi connectivity index (χ4v) is 2.50. The zero-order valence-corrected chi connectivity index (χ0v) is 13.3. The predicted molar refractivity (Wildman–Crippen MR) is 97.6 cm³/mol. The maximum atomic E-state index is 11.7. The lowest BCUT2D eigenvalue weighted by molar-refractivity contribution is 0.141. The molecular weight excluding hydrogens is 298 g/mol. The van der Waals surface area contributed by atoms with Crippen LogP contribution in [0.2, 0.25) is 0 Å². The van der Waals surface area contributed by atoms with Gasteiger partial charge in [-0.25, -0.2) is 4.79 Å². The molecule has 0 saturated carbocycles. The highest BCUT2D eigenvalue weighted by Crippen LogP contribution is 2.19. The number of alkyl carbamates (subject to hydrolysis) is 1. The zero-order chi connectivity index (χ0) is 16.6. The summed E-state index contributed by atoms with van der Waals surface area (Å²) in [6.45, 7) is 0.705. The summed E-state index contributed by atoms with van der Waals surface area (Å²) in [6, 6.07) is 24.0. The third-order valence-corrected chi connectivity index (χ3v) is 3.70. The SMILES string of the molecule is O=C(NCC=Cc1cccc2ccccc12)OCc1ccccc1. The third-order valence-electron chi connectivity index (χ3n) is 3.70. The topological polar surface area (TPSA) is 38.3 Å².